The minimum absolute atomic E-state index is 0.434. The summed E-state index contributed by atoms with van der Waals surface area (Å²) in [5.41, 5.74) is -3.17. The van der Waals surface area contributed by atoms with Gasteiger partial charge in [-0.25, -0.2) is 0 Å². The van der Waals surface area contributed by atoms with Crippen LogP contribution in [-0.2, 0) is 4.79 Å². The first-order valence-electron chi connectivity index (χ1n) is 5.70. The van der Waals surface area contributed by atoms with E-state index in [4.69, 9.17) is 5.11 Å². The van der Waals surface area contributed by atoms with Crippen molar-refractivity contribution in [3.8, 4) is 0 Å². The highest BCUT2D eigenvalue weighted by Crippen LogP contribution is 2.43. The van der Waals surface area contributed by atoms with Gasteiger partial charge in [0.15, 0.2) is 5.60 Å². The van der Waals surface area contributed by atoms with Gasteiger partial charge in [-0.3, -0.25) is 4.79 Å². The molecule has 0 heterocycles. The number of aliphatic hydroxyl groups is 1. The summed E-state index contributed by atoms with van der Waals surface area (Å²) in [4.78, 5) is 11.0. The molecule has 1 fully saturated rings. The van der Waals surface area contributed by atoms with Crippen LogP contribution in [0.3, 0.4) is 0 Å². The molecule has 0 bridgehead atoms. The first-order valence-corrected chi connectivity index (χ1v) is 5.70. The van der Waals surface area contributed by atoms with Crippen LogP contribution in [0.2, 0.25) is 0 Å². The van der Waals surface area contributed by atoms with Crippen LogP contribution in [0.1, 0.15) is 39.0 Å². The molecular formula is C11H17F3O3. The van der Waals surface area contributed by atoms with Crippen molar-refractivity contribution in [3.05, 3.63) is 0 Å². The number of carbonyl (C=O) groups is 1. The second kappa shape index (κ2) is 4.84. The average molecular weight is 254 g/mol. The van der Waals surface area contributed by atoms with Crippen LogP contribution in [0.15, 0.2) is 0 Å². The van der Waals surface area contributed by atoms with Gasteiger partial charge < -0.3 is 10.2 Å². The van der Waals surface area contributed by atoms with Crippen LogP contribution in [0.5, 0.6) is 0 Å². The Bertz CT molecular complexity index is 280. The molecule has 2 unspecified atom stereocenters. The Labute approximate surface area is 97.6 Å². The van der Waals surface area contributed by atoms with Crippen molar-refractivity contribution in [1.29, 1.82) is 0 Å². The highest BCUT2D eigenvalue weighted by molar-refractivity contribution is 5.72. The molecule has 0 aromatic heterocycles. The number of hydrogen-bond acceptors (Lipinski definition) is 2. The molecule has 0 radical (unpaired) electrons. The molecule has 0 spiro atoms. The molecule has 2 atom stereocenters. The van der Waals surface area contributed by atoms with Crippen molar-refractivity contribution in [3.63, 3.8) is 0 Å². The molecule has 0 amide bonds. The molecule has 1 saturated carbocycles. The van der Waals surface area contributed by atoms with Crippen LogP contribution < -0.4 is 0 Å². The van der Waals surface area contributed by atoms with E-state index in [0.29, 0.717) is 19.8 Å². The Kier molecular flexibility index (Phi) is 4.06. The van der Waals surface area contributed by atoms with Gasteiger partial charge in [0.05, 0.1) is 5.92 Å². The summed E-state index contributed by atoms with van der Waals surface area (Å²) < 4.78 is 38.1. The van der Waals surface area contributed by atoms with Crippen LogP contribution in [-0.4, -0.2) is 28.0 Å². The summed E-state index contributed by atoms with van der Waals surface area (Å²) in [6.45, 7) is 0.556. The maximum Gasteiger partial charge on any atom is 0.417 e. The van der Waals surface area contributed by atoms with Gasteiger partial charge in [0.25, 0.3) is 0 Å². The van der Waals surface area contributed by atoms with E-state index in [1.54, 1.807) is 0 Å². The fourth-order valence-electron chi connectivity index (χ4n) is 2.54. The van der Waals surface area contributed by atoms with Crippen molar-refractivity contribution >= 4 is 5.97 Å². The molecule has 0 saturated heterocycles. The van der Waals surface area contributed by atoms with Gasteiger partial charge in [0.2, 0.25) is 0 Å². The predicted octanol–water partition coefficient (Wildman–Crippen LogP) is 2.58. The number of carboxylic acid groups (broad SMARTS) is 1. The Morgan fingerprint density at radius 3 is 2.06 bits per heavy atom. The molecular weight excluding hydrogens is 237 g/mol. The third-order valence-electron chi connectivity index (χ3n) is 3.57. The zero-order valence-corrected chi connectivity index (χ0v) is 9.63. The maximum atomic E-state index is 12.7. The van der Waals surface area contributed by atoms with E-state index in [1.807, 2.05) is 0 Å². The summed E-state index contributed by atoms with van der Waals surface area (Å²) >= 11 is 0. The van der Waals surface area contributed by atoms with Gasteiger partial charge in [0, 0.05) is 0 Å². The third-order valence-corrected chi connectivity index (χ3v) is 3.57. The zero-order chi connectivity index (χ0) is 13.3. The van der Waals surface area contributed by atoms with Gasteiger partial charge in [-0.2, -0.15) is 13.2 Å². The standard InChI is InChI=1S/C11H17F3O3/c1-10(17,11(12,13)14)8(9(15)16)7-5-3-2-4-6-7/h7-8,17H,2-6H2,1H3,(H,15,16). The molecule has 3 nitrogen and oxygen atoms in total. The van der Waals surface area contributed by atoms with Crippen LogP contribution in [0.4, 0.5) is 13.2 Å². The zero-order valence-electron chi connectivity index (χ0n) is 9.63. The van der Waals surface area contributed by atoms with Crippen molar-refractivity contribution in [2.75, 3.05) is 0 Å². The van der Waals surface area contributed by atoms with Crippen molar-refractivity contribution in [2.45, 2.75) is 50.8 Å². The normalized spacial score (nSPS) is 24.1. The summed E-state index contributed by atoms with van der Waals surface area (Å²) in [5, 5.41) is 18.5. The molecule has 0 aliphatic heterocycles. The number of halogens is 3. The van der Waals surface area contributed by atoms with Gasteiger partial charge >= 0.3 is 12.1 Å². The number of hydrogen-bond donors (Lipinski definition) is 2. The van der Waals surface area contributed by atoms with Crippen molar-refractivity contribution in [1.82, 2.24) is 0 Å². The summed E-state index contributed by atoms with van der Waals surface area (Å²) in [6, 6.07) is 0. The van der Waals surface area contributed by atoms with E-state index in [2.05, 4.69) is 0 Å². The molecule has 2 N–H and O–H groups in total. The second-order valence-electron chi connectivity index (χ2n) is 4.86. The molecule has 0 aromatic rings. The van der Waals surface area contributed by atoms with E-state index in [0.717, 1.165) is 19.3 Å². The monoisotopic (exact) mass is 254 g/mol. The Balaban J connectivity index is 2.96. The summed E-state index contributed by atoms with van der Waals surface area (Å²) in [7, 11) is 0. The lowest BCUT2D eigenvalue weighted by molar-refractivity contribution is -0.278. The fraction of sp³-hybridized carbons (Fsp3) is 0.909. The SMILES string of the molecule is CC(O)(C(C(=O)O)C1CCCCC1)C(F)(F)F. The Morgan fingerprint density at radius 1 is 1.24 bits per heavy atom. The lowest BCUT2D eigenvalue weighted by Crippen LogP contribution is -2.54. The highest BCUT2D eigenvalue weighted by atomic mass is 19.4. The lowest BCUT2D eigenvalue weighted by Gasteiger charge is -2.38. The maximum absolute atomic E-state index is 12.7. The Hall–Kier alpha value is -0.780. The second-order valence-corrected chi connectivity index (χ2v) is 4.86. The molecule has 1 aliphatic rings. The minimum atomic E-state index is -4.92. The predicted molar refractivity (Wildman–Crippen MR) is 54.4 cm³/mol. The molecule has 100 valence electrons. The number of carboxylic acids is 1. The van der Waals surface area contributed by atoms with E-state index in [1.165, 1.54) is 0 Å². The third kappa shape index (κ3) is 2.91. The lowest BCUT2D eigenvalue weighted by atomic mass is 9.72. The van der Waals surface area contributed by atoms with Crippen LogP contribution >= 0.6 is 0 Å². The average Bonchev–Trinajstić information content (AvgIpc) is 2.16. The molecule has 1 rings (SSSR count). The fourth-order valence-corrected chi connectivity index (χ4v) is 2.54. The first-order chi connectivity index (χ1) is 7.68. The van der Waals surface area contributed by atoms with Gasteiger partial charge in [-0.1, -0.05) is 19.3 Å². The minimum Gasteiger partial charge on any atom is -0.481 e. The van der Waals surface area contributed by atoms with Crippen LogP contribution in [0, 0.1) is 11.8 Å². The topological polar surface area (TPSA) is 57.5 Å². The van der Waals surface area contributed by atoms with E-state index < -0.39 is 29.6 Å². The van der Waals surface area contributed by atoms with Gasteiger partial charge in [0.1, 0.15) is 0 Å². The van der Waals surface area contributed by atoms with Gasteiger partial charge in [-0.15, -0.1) is 0 Å². The number of alkyl halides is 3. The van der Waals surface area contributed by atoms with E-state index in [-0.39, 0.29) is 0 Å². The number of rotatable bonds is 3. The molecule has 1 aliphatic carbocycles. The first kappa shape index (κ1) is 14.3. The molecule has 17 heavy (non-hydrogen) atoms. The van der Waals surface area contributed by atoms with E-state index in [9.17, 15) is 23.1 Å². The van der Waals surface area contributed by atoms with Crippen molar-refractivity contribution in [2.24, 2.45) is 11.8 Å². The number of aliphatic carboxylic acids is 1. The molecule has 6 heteroatoms. The highest BCUT2D eigenvalue weighted by Gasteiger charge is 2.59. The van der Waals surface area contributed by atoms with Crippen LogP contribution in [0.25, 0.3) is 0 Å². The van der Waals surface area contributed by atoms with Crippen molar-refractivity contribution < 1.29 is 28.2 Å². The largest absolute Gasteiger partial charge is 0.481 e. The summed E-state index contributed by atoms with van der Waals surface area (Å²) in [5.74, 6) is -3.94. The Morgan fingerprint density at radius 2 is 1.71 bits per heavy atom. The molecule has 0 aromatic carbocycles. The quantitative estimate of drug-likeness (QED) is 0.813. The van der Waals surface area contributed by atoms with Gasteiger partial charge in [-0.05, 0) is 25.7 Å². The van der Waals surface area contributed by atoms with E-state index >= 15 is 0 Å². The summed E-state index contributed by atoms with van der Waals surface area (Å²) in [6.07, 6.45) is -1.69. The smallest absolute Gasteiger partial charge is 0.417 e.